The van der Waals surface area contributed by atoms with E-state index in [-0.39, 0.29) is 0 Å². The maximum absolute atomic E-state index is 6.04. The molecule has 164 valence electrons. The summed E-state index contributed by atoms with van der Waals surface area (Å²) in [6.45, 7) is 7.47. The molecule has 1 saturated heterocycles. The Kier molecular flexibility index (Phi) is 6.21. The zero-order chi connectivity index (χ0) is 21.9. The standard InChI is InChI=1S/C24H24ClN5OS/c1-2-31-20-9-3-17(4-10-20)15-29-11-13-30(14-12-29)24-23-22(26-16-27-24)21(28-32-23)18-5-7-19(25)8-6-18/h3-10,16H,2,11-15H2,1H3. The Morgan fingerprint density at radius 1 is 0.969 bits per heavy atom. The molecule has 2 aromatic heterocycles. The SMILES string of the molecule is CCOc1ccc(CN2CCN(c3ncnc4c(-c5ccc(Cl)cc5)nsc34)CC2)cc1. The molecule has 0 bridgehead atoms. The third kappa shape index (κ3) is 4.41. The van der Waals surface area contributed by atoms with Crippen molar-refractivity contribution in [3.63, 3.8) is 0 Å². The van der Waals surface area contributed by atoms with E-state index < -0.39 is 0 Å². The van der Waals surface area contributed by atoms with Crippen LogP contribution in [-0.2, 0) is 6.54 Å². The molecule has 1 aliphatic heterocycles. The number of aromatic nitrogens is 3. The van der Waals surface area contributed by atoms with Crippen LogP contribution in [0.2, 0.25) is 5.02 Å². The van der Waals surface area contributed by atoms with E-state index in [0.29, 0.717) is 11.6 Å². The van der Waals surface area contributed by atoms with Crippen LogP contribution in [0.5, 0.6) is 5.75 Å². The molecule has 0 N–H and O–H groups in total. The molecule has 4 aromatic rings. The summed E-state index contributed by atoms with van der Waals surface area (Å²) in [7, 11) is 0. The second-order valence-corrected chi connectivity index (χ2v) is 8.96. The lowest BCUT2D eigenvalue weighted by Gasteiger charge is -2.35. The average Bonchev–Trinajstić information content (AvgIpc) is 3.26. The monoisotopic (exact) mass is 465 g/mol. The van der Waals surface area contributed by atoms with Crippen LogP contribution in [0.1, 0.15) is 12.5 Å². The largest absolute Gasteiger partial charge is 0.494 e. The molecule has 5 rings (SSSR count). The van der Waals surface area contributed by atoms with E-state index in [1.807, 2.05) is 31.2 Å². The maximum Gasteiger partial charge on any atom is 0.151 e. The van der Waals surface area contributed by atoms with E-state index >= 15 is 0 Å². The molecule has 0 radical (unpaired) electrons. The molecular formula is C24H24ClN5OS. The van der Waals surface area contributed by atoms with Crippen molar-refractivity contribution in [2.45, 2.75) is 13.5 Å². The van der Waals surface area contributed by atoms with Crippen LogP contribution in [0.15, 0.2) is 54.9 Å². The van der Waals surface area contributed by atoms with Crippen LogP contribution in [0.4, 0.5) is 5.82 Å². The number of nitrogens with zero attached hydrogens (tertiary/aromatic N) is 5. The number of piperazine rings is 1. The maximum atomic E-state index is 6.04. The van der Waals surface area contributed by atoms with Gasteiger partial charge in [-0.3, -0.25) is 4.90 Å². The Labute approximate surface area is 196 Å². The van der Waals surface area contributed by atoms with E-state index in [1.54, 1.807) is 6.33 Å². The lowest BCUT2D eigenvalue weighted by molar-refractivity contribution is 0.249. The van der Waals surface area contributed by atoms with Crippen LogP contribution < -0.4 is 9.64 Å². The first-order chi connectivity index (χ1) is 15.7. The van der Waals surface area contributed by atoms with Gasteiger partial charge in [0, 0.05) is 43.3 Å². The van der Waals surface area contributed by atoms with Gasteiger partial charge in [0.05, 0.1) is 6.61 Å². The summed E-state index contributed by atoms with van der Waals surface area (Å²) in [6.07, 6.45) is 1.65. The summed E-state index contributed by atoms with van der Waals surface area (Å²) < 4.78 is 11.3. The van der Waals surface area contributed by atoms with Crippen molar-refractivity contribution >= 4 is 39.2 Å². The number of anilines is 1. The van der Waals surface area contributed by atoms with Crippen LogP contribution in [0.3, 0.4) is 0 Å². The number of benzene rings is 2. The van der Waals surface area contributed by atoms with E-state index in [4.69, 9.17) is 20.7 Å². The minimum atomic E-state index is 0.693. The van der Waals surface area contributed by atoms with Gasteiger partial charge in [-0.2, -0.15) is 4.37 Å². The molecule has 0 spiro atoms. The van der Waals surface area contributed by atoms with Gasteiger partial charge in [-0.25, -0.2) is 9.97 Å². The molecule has 1 fully saturated rings. The van der Waals surface area contributed by atoms with Crippen LogP contribution in [-0.4, -0.2) is 52.0 Å². The Bertz CT molecular complexity index is 1190. The first kappa shape index (κ1) is 21.1. The van der Waals surface area contributed by atoms with Crippen LogP contribution >= 0.6 is 23.1 Å². The number of hydrogen-bond donors (Lipinski definition) is 0. The Hall–Kier alpha value is -2.74. The van der Waals surface area contributed by atoms with Crippen molar-refractivity contribution in [2.24, 2.45) is 0 Å². The predicted octanol–water partition coefficient (Wildman–Crippen LogP) is 5.13. The molecule has 0 atom stereocenters. The highest BCUT2D eigenvalue weighted by molar-refractivity contribution is 7.14. The molecule has 3 heterocycles. The van der Waals surface area contributed by atoms with Crippen LogP contribution in [0.25, 0.3) is 21.5 Å². The lowest BCUT2D eigenvalue weighted by atomic mass is 10.1. The summed E-state index contributed by atoms with van der Waals surface area (Å²) in [5.41, 5.74) is 4.12. The Morgan fingerprint density at radius 3 is 2.44 bits per heavy atom. The van der Waals surface area contributed by atoms with Gasteiger partial charge >= 0.3 is 0 Å². The minimum absolute atomic E-state index is 0.693. The minimum Gasteiger partial charge on any atom is -0.494 e. The van der Waals surface area contributed by atoms with Gasteiger partial charge in [-0.05, 0) is 48.3 Å². The summed E-state index contributed by atoms with van der Waals surface area (Å²) in [6, 6.07) is 16.1. The quantitative estimate of drug-likeness (QED) is 0.393. The van der Waals surface area contributed by atoms with Crippen molar-refractivity contribution in [3.8, 4) is 17.0 Å². The molecule has 8 heteroatoms. The summed E-state index contributed by atoms with van der Waals surface area (Å²) in [5, 5.41) is 0.715. The number of rotatable bonds is 6. The normalized spacial score (nSPS) is 14.8. The van der Waals surface area contributed by atoms with Crippen molar-refractivity contribution in [3.05, 3.63) is 65.4 Å². The molecule has 1 aliphatic rings. The molecule has 2 aromatic carbocycles. The van der Waals surface area contributed by atoms with Crippen LogP contribution in [0, 0.1) is 0 Å². The predicted molar refractivity (Wildman–Crippen MR) is 131 cm³/mol. The van der Waals surface area contributed by atoms with Gasteiger partial charge in [0.25, 0.3) is 0 Å². The summed E-state index contributed by atoms with van der Waals surface area (Å²) in [5.74, 6) is 1.91. The van der Waals surface area contributed by atoms with Gasteiger partial charge < -0.3 is 9.64 Å². The van der Waals surface area contributed by atoms with E-state index in [2.05, 4.69) is 44.0 Å². The Balaban J connectivity index is 1.28. The number of fused-ring (bicyclic) bond motifs is 1. The van der Waals surface area contributed by atoms with E-state index in [0.717, 1.165) is 65.8 Å². The Morgan fingerprint density at radius 2 is 1.72 bits per heavy atom. The van der Waals surface area contributed by atoms with Crippen molar-refractivity contribution < 1.29 is 4.74 Å². The van der Waals surface area contributed by atoms with Gasteiger partial charge in [-0.1, -0.05) is 35.9 Å². The fourth-order valence-electron chi connectivity index (χ4n) is 4.01. The van der Waals surface area contributed by atoms with Crippen molar-refractivity contribution in [1.29, 1.82) is 0 Å². The molecule has 32 heavy (non-hydrogen) atoms. The zero-order valence-electron chi connectivity index (χ0n) is 17.9. The second kappa shape index (κ2) is 9.40. The molecule has 0 amide bonds. The number of ether oxygens (including phenoxy) is 1. The molecule has 0 saturated carbocycles. The molecule has 0 aliphatic carbocycles. The fraction of sp³-hybridized carbons (Fsp3) is 0.292. The van der Waals surface area contributed by atoms with Crippen molar-refractivity contribution in [1.82, 2.24) is 19.2 Å². The molecular weight excluding hydrogens is 442 g/mol. The number of halogens is 1. The first-order valence-corrected chi connectivity index (χ1v) is 11.9. The smallest absolute Gasteiger partial charge is 0.151 e. The highest BCUT2D eigenvalue weighted by Gasteiger charge is 2.22. The first-order valence-electron chi connectivity index (χ1n) is 10.8. The van der Waals surface area contributed by atoms with Crippen molar-refractivity contribution in [2.75, 3.05) is 37.7 Å². The molecule has 0 unspecified atom stereocenters. The van der Waals surface area contributed by atoms with Gasteiger partial charge in [0.2, 0.25) is 0 Å². The number of hydrogen-bond acceptors (Lipinski definition) is 7. The highest BCUT2D eigenvalue weighted by Crippen LogP contribution is 2.34. The van der Waals surface area contributed by atoms with E-state index in [9.17, 15) is 0 Å². The third-order valence-electron chi connectivity index (χ3n) is 5.67. The zero-order valence-corrected chi connectivity index (χ0v) is 19.4. The topological polar surface area (TPSA) is 54.4 Å². The second-order valence-electron chi connectivity index (χ2n) is 7.75. The third-order valence-corrected chi connectivity index (χ3v) is 6.75. The fourth-order valence-corrected chi connectivity index (χ4v) is 5.01. The lowest BCUT2D eigenvalue weighted by Crippen LogP contribution is -2.46. The average molecular weight is 466 g/mol. The summed E-state index contributed by atoms with van der Waals surface area (Å²) >= 11 is 7.51. The van der Waals surface area contributed by atoms with Gasteiger partial charge in [-0.15, -0.1) is 0 Å². The van der Waals surface area contributed by atoms with Gasteiger partial charge in [0.15, 0.2) is 5.82 Å². The molecule has 6 nitrogen and oxygen atoms in total. The highest BCUT2D eigenvalue weighted by atomic mass is 35.5. The van der Waals surface area contributed by atoms with Gasteiger partial charge in [0.1, 0.15) is 28.0 Å². The van der Waals surface area contributed by atoms with E-state index in [1.165, 1.54) is 17.1 Å². The summed E-state index contributed by atoms with van der Waals surface area (Å²) in [4.78, 5) is 14.0.